The number of hydrogen-bond donors (Lipinski definition) is 0. The molecule has 1 aromatic carbocycles. The highest BCUT2D eigenvalue weighted by Crippen LogP contribution is 2.32. The first kappa shape index (κ1) is 16.8. The Morgan fingerprint density at radius 3 is 2.50 bits per heavy atom. The molecule has 2 heterocycles. The van der Waals surface area contributed by atoms with Crippen LogP contribution in [0.1, 0.15) is 31.6 Å². The number of nitrogens with zero attached hydrogens (tertiary/aromatic N) is 3. The Hall–Kier alpha value is -2.70. The van der Waals surface area contributed by atoms with Crippen LogP contribution in [0.4, 0.5) is 0 Å². The zero-order valence-corrected chi connectivity index (χ0v) is 14.5. The monoisotopic (exact) mass is 355 g/mol. The van der Waals surface area contributed by atoms with Crippen molar-refractivity contribution in [2.45, 2.75) is 32.3 Å². The molecule has 136 valence electrons. The normalized spacial score (nSPS) is 17.9. The summed E-state index contributed by atoms with van der Waals surface area (Å²) in [7, 11) is 0. The van der Waals surface area contributed by atoms with E-state index in [-0.39, 0.29) is 36.2 Å². The van der Waals surface area contributed by atoms with Crippen molar-refractivity contribution in [2.24, 2.45) is 11.8 Å². The van der Waals surface area contributed by atoms with Crippen LogP contribution in [0.25, 0.3) is 11.4 Å². The molecule has 4 rings (SSSR count). The third kappa shape index (κ3) is 3.76. The van der Waals surface area contributed by atoms with Crippen molar-refractivity contribution in [3.05, 3.63) is 36.2 Å². The quantitative estimate of drug-likeness (QED) is 0.766. The summed E-state index contributed by atoms with van der Waals surface area (Å²) >= 11 is 0. The number of ether oxygens (including phenoxy) is 1. The van der Waals surface area contributed by atoms with E-state index in [1.54, 1.807) is 0 Å². The van der Waals surface area contributed by atoms with E-state index < -0.39 is 0 Å². The van der Waals surface area contributed by atoms with E-state index in [1.165, 1.54) is 0 Å². The molecule has 1 aromatic heterocycles. The first-order chi connectivity index (χ1) is 12.7. The maximum absolute atomic E-state index is 12.3. The first-order valence-electron chi connectivity index (χ1n) is 9.04. The van der Waals surface area contributed by atoms with Crippen LogP contribution in [0.5, 0.6) is 0 Å². The summed E-state index contributed by atoms with van der Waals surface area (Å²) < 4.78 is 10.5. The molecular weight excluding hydrogens is 334 g/mol. The number of rotatable bonds is 5. The lowest BCUT2D eigenvalue weighted by molar-refractivity contribution is -0.153. The Morgan fingerprint density at radius 1 is 1.08 bits per heavy atom. The number of esters is 1. The summed E-state index contributed by atoms with van der Waals surface area (Å²) in [4.78, 5) is 30.4. The summed E-state index contributed by atoms with van der Waals surface area (Å²) in [5, 5.41) is 3.91. The molecule has 2 aromatic rings. The Labute approximate surface area is 151 Å². The third-order valence-electron chi connectivity index (χ3n) is 4.90. The van der Waals surface area contributed by atoms with Crippen molar-refractivity contribution < 1.29 is 18.8 Å². The first-order valence-corrected chi connectivity index (χ1v) is 9.04. The molecule has 0 bridgehead atoms. The fraction of sp³-hybridized carbons (Fsp3) is 0.474. The Kier molecular flexibility index (Phi) is 4.69. The predicted octanol–water partition coefficient (Wildman–Crippen LogP) is 2.43. The SMILES string of the molecule is O=C(OCc1nc(-c2ccccc2)no1)C1CCN(C(=O)C2CC2)CC1. The van der Waals surface area contributed by atoms with Crippen molar-refractivity contribution in [3.63, 3.8) is 0 Å². The second-order valence-corrected chi connectivity index (χ2v) is 6.86. The van der Waals surface area contributed by atoms with Crippen molar-refractivity contribution in [1.82, 2.24) is 15.0 Å². The molecule has 0 spiro atoms. The molecule has 1 aliphatic carbocycles. The molecule has 0 N–H and O–H groups in total. The van der Waals surface area contributed by atoms with Crippen LogP contribution >= 0.6 is 0 Å². The molecule has 2 aliphatic rings. The molecule has 0 unspecified atom stereocenters. The molecule has 26 heavy (non-hydrogen) atoms. The minimum absolute atomic E-state index is 0.0279. The average molecular weight is 355 g/mol. The van der Waals surface area contributed by atoms with Gasteiger partial charge in [0, 0.05) is 24.6 Å². The lowest BCUT2D eigenvalue weighted by Crippen LogP contribution is -2.41. The lowest BCUT2D eigenvalue weighted by atomic mass is 9.97. The fourth-order valence-electron chi connectivity index (χ4n) is 3.19. The van der Waals surface area contributed by atoms with Gasteiger partial charge in [-0.1, -0.05) is 35.5 Å². The molecular formula is C19H21N3O4. The smallest absolute Gasteiger partial charge is 0.309 e. The molecule has 1 aliphatic heterocycles. The van der Waals surface area contributed by atoms with Gasteiger partial charge in [0.2, 0.25) is 11.7 Å². The minimum Gasteiger partial charge on any atom is -0.455 e. The van der Waals surface area contributed by atoms with Gasteiger partial charge in [0.25, 0.3) is 5.89 Å². The fourth-order valence-corrected chi connectivity index (χ4v) is 3.19. The van der Waals surface area contributed by atoms with E-state index in [2.05, 4.69) is 10.1 Å². The summed E-state index contributed by atoms with van der Waals surface area (Å²) in [5.74, 6) is 0.797. The van der Waals surface area contributed by atoms with Crippen LogP contribution in [0.15, 0.2) is 34.9 Å². The Morgan fingerprint density at radius 2 is 1.81 bits per heavy atom. The number of carbonyl (C=O) groups excluding carboxylic acids is 2. The van der Waals surface area contributed by atoms with E-state index in [9.17, 15) is 9.59 Å². The van der Waals surface area contributed by atoms with Gasteiger partial charge in [0.1, 0.15) is 0 Å². The van der Waals surface area contributed by atoms with Crippen molar-refractivity contribution >= 4 is 11.9 Å². The molecule has 7 nitrogen and oxygen atoms in total. The molecule has 0 radical (unpaired) electrons. The summed E-state index contributed by atoms with van der Waals surface area (Å²) in [5.41, 5.74) is 0.849. The molecule has 1 saturated carbocycles. The van der Waals surface area contributed by atoms with Crippen LogP contribution in [0, 0.1) is 11.8 Å². The van der Waals surface area contributed by atoms with Crippen LogP contribution < -0.4 is 0 Å². The summed E-state index contributed by atoms with van der Waals surface area (Å²) in [6, 6.07) is 9.47. The van der Waals surface area contributed by atoms with Crippen LogP contribution in [0.2, 0.25) is 0 Å². The van der Waals surface area contributed by atoms with Gasteiger partial charge in [-0.3, -0.25) is 9.59 Å². The third-order valence-corrected chi connectivity index (χ3v) is 4.90. The van der Waals surface area contributed by atoms with E-state index in [0.29, 0.717) is 31.8 Å². The lowest BCUT2D eigenvalue weighted by Gasteiger charge is -2.30. The van der Waals surface area contributed by atoms with E-state index in [0.717, 1.165) is 18.4 Å². The molecule has 0 atom stereocenters. The largest absolute Gasteiger partial charge is 0.455 e. The maximum Gasteiger partial charge on any atom is 0.309 e. The summed E-state index contributed by atoms with van der Waals surface area (Å²) in [6.45, 7) is 1.24. The highest BCUT2D eigenvalue weighted by molar-refractivity contribution is 5.81. The van der Waals surface area contributed by atoms with Crippen LogP contribution in [-0.2, 0) is 20.9 Å². The standard InChI is InChI=1S/C19H21N3O4/c23-18(14-6-7-14)22-10-8-15(9-11-22)19(24)25-12-16-20-17(21-26-16)13-4-2-1-3-5-13/h1-5,14-15H,6-12H2. The number of benzene rings is 1. The highest BCUT2D eigenvalue weighted by Gasteiger charge is 2.36. The molecule has 1 amide bonds. The van der Waals surface area contributed by atoms with Crippen molar-refractivity contribution in [2.75, 3.05) is 13.1 Å². The van der Waals surface area contributed by atoms with E-state index >= 15 is 0 Å². The second-order valence-electron chi connectivity index (χ2n) is 6.86. The van der Waals surface area contributed by atoms with Gasteiger partial charge in [0.15, 0.2) is 6.61 Å². The summed E-state index contributed by atoms with van der Waals surface area (Å²) in [6.07, 6.45) is 3.32. The van der Waals surface area contributed by atoms with Gasteiger partial charge in [-0.2, -0.15) is 4.98 Å². The number of amides is 1. The topological polar surface area (TPSA) is 85.5 Å². The maximum atomic E-state index is 12.3. The van der Waals surface area contributed by atoms with Gasteiger partial charge in [-0.25, -0.2) is 0 Å². The van der Waals surface area contributed by atoms with Crippen LogP contribution in [-0.4, -0.2) is 40.0 Å². The Bertz CT molecular complexity index is 777. The van der Waals surface area contributed by atoms with Gasteiger partial charge in [0.05, 0.1) is 5.92 Å². The van der Waals surface area contributed by atoms with Gasteiger partial charge < -0.3 is 14.2 Å². The number of aromatic nitrogens is 2. The zero-order chi connectivity index (χ0) is 17.9. The minimum atomic E-state index is -0.261. The number of likely N-dealkylation sites (tertiary alicyclic amines) is 1. The highest BCUT2D eigenvalue weighted by atomic mass is 16.6. The van der Waals surface area contributed by atoms with E-state index in [1.807, 2.05) is 35.2 Å². The molecule has 7 heteroatoms. The zero-order valence-electron chi connectivity index (χ0n) is 14.5. The van der Waals surface area contributed by atoms with Crippen molar-refractivity contribution in [1.29, 1.82) is 0 Å². The predicted molar refractivity (Wildman–Crippen MR) is 91.6 cm³/mol. The van der Waals surface area contributed by atoms with E-state index in [4.69, 9.17) is 9.26 Å². The Balaban J connectivity index is 1.25. The van der Waals surface area contributed by atoms with Gasteiger partial charge >= 0.3 is 5.97 Å². The number of hydrogen-bond acceptors (Lipinski definition) is 6. The van der Waals surface area contributed by atoms with Gasteiger partial charge in [-0.15, -0.1) is 0 Å². The van der Waals surface area contributed by atoms with Crippen molar-refractivity contribution in [3.8, 4) is 11.4 Å². The second kappa shape index (κ2) is 7.27. The average Bonchev–Trinajstić information content (AvgIpc) is 3.44. The number of piperidine rings is 1. The molecule has 2 fully saturated rings. The molecule has 1 saturated heterocycles. The number of carbonyl (C=O) groups is 2. The van der Waals surface area contributed by atoms with Gasteiger partial charge in [-0.05, 0) is 25.7 Å². The van der Waals surface area contributed by atoms with Crippen LogP contribution in [0.3, 0.4) is 0 Å².